The van der Waals surface area contributed by atoms with Gasteiger partial charge >= 0.3 is 34.5 Å². The molecule has 328 valence electrons. The van der Waals surface area contributed by atoms with E-state index in [9.17, 15) is 4.79 Å². The predicted molar refractivity (Wildman–Crippen MR) is 273 cm³/mol. The summed E-state index contributed by atoms with van der Waals surface area (Å²) in [6, 6.07) is 59.7. The Bertz CT molecular complexity index is 2480. The number of benzene rings is 7. The largest absolute Gasteiger partial charge is 0.0622 e. The number of aliphatic hydroxyl groups excluding tert-OH is 1. The molecule has 0 radical (unpaired) electrons. The molecule has 0 unspecified atom stereocenters. The minimum Gasteiger partial charge on any atom is -0.0622 e. The van der Waals surface area contributed by atoms with Gasteiger partial charge in [-0.3, -0.25) is 4.79 Å². The van der Waals surface area contributed by atoms with Crippen LogP contribution in [-0.2, 0) is 21.8 Å². The minimum absolute atomic E-state index is 0. The van der Waals surface area contributed by atoms with E-state index in [-0.39, 0.29) is 35.0 Å². The number of aliphatic hydroxyl groups is 1. The summed E-state index contributed by atoms with van der Waals surface area (Å²) in [6.07, 6.45) is 0. The number of rotatable bonds is 6. The molecule has 0 aliphatic heterocycles. The van der Waals surface area contributed by atoms with Crippen LogP contribution in [-0.4, -0.2) is 15.9 Å². The van der Waals surface area contributed by atoms with Crippen LogP contribution in [0.15, 0.2) is 176 Å². The third-order valence-corrected chi connectivity index (χ3v) is 12.3. The van der Waals surface area contributed by atoms with Gasteiger partial charge in [0.15, 0.2) is 5.78 Å². The van der Waals surface area contributed by atoms with Gasteiger partial charge in [0.2, 0.25) is 0 Å². The van der Waals surface area contributed by atoms with Crippen molar-refractivity contribution in [1.29, 1.82) is 0 Å². The molecule has 0 atom stereocenters. The van der Waals surface area contributed by atoms with Gasteiger partial charge in [-0.15, -0.1) is 0 Å². The smallest absolute Gasteiger partial charge is 0.0134 e. The zero-order valence-electron chi connectivity index (χ0n) is 35.1. The molecule has 0 aliphatic carbocycles. The Hall–Kier alpha value is -4.41. The first kappa shape index (κ1) is 52.9. The van der Waals surface area contributed by atoms with E-state index in [0.717, 1.165) is 43.9 Å². The molecule has 0 saturated heterocycles. The third kappa shape index (κ3) is 16.9. The van der Waals surface area contributed by atoms with Gasteiger partial charge in [0.25, 0.3) is 0 Å². The van der Waals surface area contributed by atoms with E-state index in [1.54, 1.807) is 25.1 Å². The summed E-state index contributed by atoms with van der Waals surface area (Å²) >= 11 is 11.5. The number of ketones is 1. The van der Waals surface area contributed by atoms with Crippen molar-refractivity contribution in [2.45, 2.75) is 48.7 Å². The molecule has 0 saturated carbocycles. The summed E-state index contributed by atoms with van der Waals surface area (Å²) < 4.78 is 0. The number of carbonyl (C=O) groups excluding carboxylic acids is 1. The second-order valence-corrected chi connectivity index (χ2v) is 19.8. The number of fused-ring (bicyclic) bond motifs is 1. The maximum atomic E-state index is 10.9. The molecule has 8 rings (SSSR count). The Kier molecular flexibility index (Phi) is 23.3. The maximum absolute atomic E-state index is 10.9. The maximum Gasteiger partial charge on any atom is -0.0134 e. The van der Waals surface area contributed by atoms with E-state index < -0.39 is 7.92 Å². The number of halogens is 4. The van der Waals surface area contributed by atoms with Crippen LogP contribution >= 0.6 is 50.5 Å². The van der Waals surface area contributed by atoms with Gasteiger partial charge < -0.3 is 10.8 Å². The molecule has 0 amide bonds. The number of hydrogen-bond donors (Lipinski definition) is 2. The summed E-state index contributed by atoms with van der Waals surface area (Å²) in [5, 5.41) is 15.2. The van der Waals surface area contributed by atoms with Crippen molar-refractivity contribution >= 4 is 88.8 Å². The number of nitrogens with zero attached hydrogens (tertiary/aromatic N) is 1. The molecule has 10 heteroatoms. The van der Waals surface area contributed by atoms with Crippen LogP contribution in [0.4, 0.5) is 5.69 Å². The van der Waals surface area contributed by atoms with E-state index in [0.29, 0.717) is 16.3 Å². The average molecular weight is 1020 g/mol. The van der Waals surface area contributed by atoms with Crippen molar-refractivity contribution < 1.29 is 25.0 Å². The van der Waals surface area contributed by atoms with Crippen molar-refractivity contribution in [3.8, 4) is 11.3 Å². The first-order valence-corrected chi connectivity index (χ1v) is 26.1. The van der Waals surface area contributed by atoms with Crippen LogP contribution in [0.1, 0.15) is 52.5 Å². The monoisotopic (exact) mass is 1020 g/mol. The number of nitrogens with two attached hydrogens (primary N) is 1. The van der Waals surface area contributed by atoms with Crippen LogP contribution in [0.25, 0.3) is 22.2 Å². The molecule has 1 aromatic heterocycles. The quantitative estimate of drug-likeness (QED) is 0.0753. The average Bonchev–Trinajstić information content (AvgIpc) is 3.25. The first-order chi connectivity index (χ1) is 29.8. The Morgan fingerprint density at radius 3 is 1.44 bits per heavy atom. The third-order valence-electron chi connectivity index (χ3n) is 9.18. The van der Waals surface area contributed by atoms with Crippen molar-refractivity contribution in [3.05, 3.63) is 219 Å². The normalized spacial score (nSPS) is 10.1. The van der Waals surface area contributed by atoms with Gasteiger partial charge in [-0.25, -0.2) is 4.98 Å². The number of anilines is 1. The molecular weight excluding hydrogens is 970 g/mol. The predicted octanol–water partition coefficient (Wildman–Crippen LogP) is 14.5. The molecule has 4 nitrogen and oxygen atoms in total. The van der Waals surface area contributed by atoms with E-state index in [4.69, 9.17) is 58.4 Å². The number of nitrogen functional groups attached to an aromatic ring is 1. The number of aryl methyl sites for hydroxylation is 4. The fourth-order valence-corrected chi connectivity index (χ4v) is 9.28. The van der Waals surface area contributed by atoms with Crippen molar-refractivity contribution in [3.63, 3.8) is 0 Å². The van der Waals surface area contributed by atoms with E-state index in [2.05, 4.69) is 129 Å². The molecule has 7 aromatic carbocycles. The number of aromatic nitrogens is 1. The molecule has 0 bridgehead atoms. The summed E-state index contributed by atoms with van der Waals surface area (Å²) in [5.41, 5.74) is 15.3. The van der Waals surface area contributed by atoms with Gasteiger partial charge in [0, 0.05) is 37.8 Å². The van der Waals surface area contributed by atoms with Crippen LogP contribution in [0, 0.1) is 27.7 Å². The minimum atomic E-state index is -0.446. The summed E-state index contributed by atoms with van der Waals surface area (Å²) in [6.45, 7) is 9.70. The molecule has 8 aromatic rings. The Labute approximate surface area is 400 Å². The molecular formula is C53H53Cl4N2O2PRu. The van der Waals surface area contributed by atoms with Crippen LogP contribution < -0.4 is 21.6 Å². The molecule has 0 aliphatic rings. The Balaban J connectivity index is 0.000000226. The fourth-order valence-electron chi connectivity index (χ4n) is 6.50. The van der Waals surface area contributed by atoms with Crippen LogP contribution in [0.2, 0.25) is 10.0 Å². The second kappa shape index (κ2) is 27.7. The fraction of sp³-hybridized carbons (Fsp3) is 0.132. The number of carbonyl (C=O) groups is 1. The molecule has 0 spiro atoms. The van der Waals surface area contributed by atoms with Gasteiger partial charge in [-0.2, -0.15) is 0 Å². The van der Waals surface area contributed by atoms with E-state index in [1.807, 2.05) is 56.3 Å². The second-order valence-electron chi connectivity index (χ2n) is 14.2. The Morgan fingerprint density at radius 1 is 0.603 bits per heavy atom. The zero-order valence-corrected chi connectivity index (χ0v) is 40.8. The molecule has 63 heavy (non-hydrogen) atoms. The van der Waals surface area contributed by atoms with E-state index >= 15 is 0 Å². The number of Topliss-reactive ketones (excluding diaryl/α,β-unsaturated/α-hetero) is 1. The van der Waals surface area contributed by atoms with Crippen LogP contribution in [0.3, 0.4) is 0 Å². The van der Waals surface area contributed by atoms with Crippen molar-refractivity contribution in [1.82, 2.24) is 4.98 Å². The topological polar surface area (TPSA) is 76.2 Å². The molecule has 1 heterocycles. The van der Waals surface area contributed by atoms with Gasteiger partial charge in [-0.1, -0.05) is 168 Å². The standard InChI is InChI=1S/C18H15P.C17H14ClN.C10H12O.C7H8ClNO.CH4.2ClH.Ru/c1-4-10-16(11-5-1)19(17-12-6-2-7-13-17)18-14-8-3-9-15-18;1-11-8-12(2)10-13(9-11)16-7-6-14-15(18)4-3-5-17(14)19-16;1-7-4-8(2)6-10(5-7)9(3)11;8-6-2-1-3-7(9)5(6)4-10;;;;/h1-15H;3-10H,1-2H3;4-6H,1-3H3;1-3,10H,4,9H2;1H4;2*1H;/q;;;;;;;+2/p-2. The number of hydrogen-bond acceptors (Lipinski definition) is 4. The molecule has 3 N–H and O–H groups in total. The summed E-state index contributed by atoms with van der Waals surface area (Å²) in [5.74, 6) is 0.136. The van der Waals surface area contributed by atoms with Crippen molar-refractivity contribution in [2.24, 2.45) is 0 Å². The first-order valence-electron chi connectivity index (χ1n) is 19.5. The number of pyridine rings is 1. The molecule has 0 fully saturated rings. The SMILES string of the molecule is C.CC(=O)c1cc(C)cc(C)c1.Cc1cc(C)cc(-c2ccc3c(Cl)cccc3n2)c1.Nc1cccc(Cl)c1CO.[Cl][Ru][Cl].c1ccc(P(c2ccccc2)c2ccccc2)cc1. The Morgan fingerprint density at radius 2 is 1.03 bits per heavy atom. The van der Waals surface area contributed by atoms with Gasteiger partial charge in [0.1, 0.15) is 0 Å². The van der Waals surface area contributed by atoms with E-state index in [1.165, 1.54) is 27.0 Å². The summed E-state index contributed by atoms with van der Waals surface area (Å²) in [7, 11) is 9.26. The van der Waals surface area contributed by atoms with Crippen molar-refractivity contribution in [2.75, 3.05) is 5.73 Å². The van der Waals surface area contributed by atoms with Crippen LogP contribution in [0.5, 0.6) is 0 Å². The van der Waals surface area contributed by atoms with Gasteiger partial charge in [-0.05, 0) is 119 Å². The summed E-state index contributed by atoms with van der Waals surface area (Å²) in [4.78, 5) is 15.7. The van der Waals surface area contributed by atoms with Gasteiger partial charge in [0.05, 0.1) is 17.8 Å². The zero-order chi connectivity index (χ0) is 45.0.